The van der Waals surface area contributed by atoms with E-state index in [1.54, 1.807) is 20.8 Å². The molecule has 1 saturated carbocycles. The maximum Gasteiger partial charge on any atom is 0.203 e. The Hall–Kier alpha value is -4.49. The number of ketones is 3. The fraction of sp³-hybridized carbons (Fsp3) is 0.375. The summed E-state index contributed by atoms with van der Waals surface area (Å²) in [6, 6.07) is 11.6. The quantitative estimate of drug-likeness (QED) is 0.248. The molecule has 1 unspecified atom stereocenters. The van der Waals surface area contributed by atoms with Crippen LogP contribution in [0.3, 0.4) is 0 Å². The number of carbonyl (C=O) groups is 3. The van der Waals surface area contributed by atoms with E-state index in [1.165, 1.54) is 6.07 Å². The smallest absolute Gasteiger partial charge is 0.203 e. The second kappa shape index (κ2) is 10.8. The van der Waals surface area contributed by atoms with Gasteiger partial charge in [0.25, 0.3) is 0 Å². The molecule has 1 fully saturated rings. The average molecular weight is 635 g/mol. The number of hydrogen-bond donors (Lipinski definition) is 4. The number of hydrogen-bond acceptors (Lipinski definition) is 7. The highest BCUT2D eigenvalue weighted by atomic mass is 16.3. The van der Waals surface area contributed by atoms with Crippen LogP contribution in [0.2, 0.25) is 0 Å². The zero-order valence-electron chi connectivity index (χ0n) is 27.8. The summed E-state index contributed by atoms with van der Waals surface area (Å²) in [4.78, 5) is 40.9. The Morgan fingerprint density at radius 2 is 1.77 bits per heavy atom. The highest BCUT2D eigenvalue weighted by Gasteiger charge is 2.72. The Balaban J connectivity index is 1.46. The van der Waals surface area contributed by atoms with Gasteiger partial charge in [0.1, 0.15) is 22.8 Å². The fourth-order valence-corrected chi connectivity index (χ4v) is 9.06. The van der Waals surface area contributed by atoms with Gasteiger partial charge in [-0.3, -0.25) is 14.4 Å². The van der Waals surface area contributed by atoms with Crippen molar-refractivity contribution in [2.24, 2.45) is 22.7 Å². The van der Waals surface area contributed by atoms with E-state index in [1.807, 2.05) is 32.0 Å². The largest absolute Gasteiger partial charge is 0.508 e. The van der Waals surface area contributed by atoms with Crippen molar-refractivity contribution in [2.75, 3.05) is 0 Å². The number of Topliss-reactive ketones (excluding diaryl/α,β-unsaturated/α-hetero) is 3. The first-order valence-electron chi connectivity index (χ1n) is 16.2. The number of aliphatic hydroxyl groups is 3. The zero-order valence-corrected chi connectivity index (χ0v) is 27.8. The molecule has 0 saturated heterocycles. The minimum absolute atomic E-state index is 0.0630. The number of benzene rings is 2. The summed E-state index contributed by atoms with van der Waals surface area (Å²) >= 11 is 0. The van der Waals surface area contributed by atoms with E-state index in [9.17, 15) is 34.8 Å². The third-order valence-corrected chi connectivity index (χ3v) is 11.0. The van der Waals surface area contributed by atoms with E-state index in [2.05, 4.69) is 30.9 Å². The maximum atomic E-state index is 14.5. The van der Waals surface area contributed by atoms with Gasteiger partial charge in [-0.05, 0) is 85.4 Å². The first-order valence-corrected chi connectivity index (χ1v) is 16.2. The maximum absolute atomic E-state index is 14.5. The molecule has 4 atom stereocenters. The summed E-state index contributed by atoms with van der Waals surface area (Å²) in [6.45, 7) is 14.2. The number of phenols is 1. The Kier molecular flexibility index (Phi) is 7.44. The van der Waals surface area contributed by atoms with Crippen molar-refractivity contribution < 1.29 is 34.8 Å². The van der Waals surface area contributed by atoms with Gasteiger partial charge >= 0.3 is 0 Å². The molecule has 0 spiro atoms. The molecule has 0 aliphatic heterocycles. The summed E-state index contributed by atoms with van der Waals surface area (Å²) < 4.78 is 0. The fourth-order valence-electron chi connectivity index (χ4n) is 9.06. The molecule has 7 nitrogen and oxygen atoms in total. The first kappa shape index (κ1) is 32.5. The molecule has 2 aromatic carbocycles. The number of aromatic hydroxyl groups is 1. The molecule has 47 heavy (non-hydrogen) atoms. The summed E-state index contributed by atoms with van der Waals surface area (Å²) in [7, 11) is 0. The molecular formula is C40H42O7. The van der Waals surface area contributed by atoms with Crippen molar-refractivity contribution >= 4 is 34.3 Å². The van der Waals surface area contributed by atoms with Crippen molar-refractivity contribution in [3.05, 3.63) is 105 Å². The van der Waals surface area contributed by atoms with Gasteiger partial charge in [-0.1, -0.05) is 81.8 Å². The normalized spacial score (nSPS) is 28.6. The molecule has 0 bridgehead atoms. The van der Waals surface area contributed by atoms with E-state index < -0.39 is 56.8 Å². The Morgan fingerprint density at radius 3 is 2.40 bits per heavy atom. The second-order valence-corrected chi connectivity index (χ2v) is 14.8. The van der Waals surface area contributed by atoms with Gasteiger partial charge in [0.05, 0.1) is 5.56 Å². The van der Waals surface area contributed by atoms with Crippen molar-refractivity contribution in [3.63, 3.8) is 0 Å². The topological polar surface area (TPSA) is 132 Å². The van der Waals surface area contributed by atoms with Crippen molar-refractivity contribution in [1.82, 2.24) is 0 Å². The summed E-state index contributed by atoms with van der Waals surface area (Å²) in [5.74, 6) is -5.25. The van der Waals surface area contributed by atoms with E-state index in [-0.39, 0.29) is 35.6 Å². The second-order valence-electron chi connectivity index (χ2n) is 14.8. The van der Waals surface area contributed by atoms with Gasteiger partial charge < -0.3 is 20.4 Å². The van der Waals surface area contributed by atoms with Gasteiger partial charge in [-0.15, -0.1) is 0 Å². The molecule has 4 aliphatic rings. The molecule has 6 rings (SSSR count). The molecule has 7 heteroatoms. The Labute approximate surface area is 275 Å². The summed E-state index contributed by atoms with van der Waals surface area (Å²) in [6.07, 6.45) is 5.94. The Bertz CT molecular complexity index is 1930. The SMILES string of the molecule is C=C(C)c1cccc(C2=CCC(Cc3ccc(O)c4c3C[C@]3(C)C[C@]5(C)C(C(C)C)C(=O)C(C(C)=O)=C(O)[C@]5(O)C(=O)C3=C4O)=C2)c1. The molecule has 0 radical (unpaired) electrons. The van der Waals surface area contributed by atoms with Gasteiger partial charge in [-0.2, -0.15) is 0 Å². The van der Waals surface area contributed by atoms with Crippen LogP contribution in [0.1, 0.15) is 82.2 Å². The molecule has 4 aliphatic carbocycles. The predicted octanol–water partition coefficient (Wildman–Crippen LogP) is 7.18. The number of phenolic OH excluding ortho intramolecular Hbond substituents is 1. The number of aliphatic hydroxyl groups excluding tert-OH is 2. The third kappa shape index (κ3) is 4.54. The highest BCUT2D eigenvalue weighted by molar-refractivity contribution is 6.24. The zero-order chi connectivity index (χ0) is 34.4. The van der Waals surface area contributed by atoms with Crippen LogP contribution in [-0.2, 0) is 27.2 Å². The third-order valence-electron chi connectivity index (χ3n) is 11.0. The summed E-state index contributed by atoms with van der Waals surface area (Å²) in [5.41, 5.74) is 1.26. The number of allylic oxidation sites excluding steroid dienone is 6. The van der Waals surface area contributed by atoms with Crippen molar-refractivity contribution in [2.45, 2.75) is 72.8 Å². The lowest BCUT2D eigenvalue weighted by Gasteiger charge is -2.59. The number of rotatable bonds is 6. The van der Waals surface area contributed by atoms with E-state index in [0.29, 0.717) is 12.0 Å². The lowest BCUT2D eigenvalue weighted by atomic mass is 9.43. The average Bonchev–Trinajstić information content (AvgIpc) is 3.44. The van der Waals surface area contributed by atoms with E-state index in [4.69, 9.17) is 0 Å². The van der Waals surface area contributed by atoms with Crippen LogP contribution in [0, 0.1) is 22.7 Å². The molecule has 244 valence electrons. The van der Waals surface area contributed by atoms with Gasteiger partial charge in [0.2, 0.25) is 5.78 Å². The van der Waals surface area contributed by atoms with Crippen LogP contribution in [0.15, 0.2) is 77.6 Å². The monoisotopic (exact) mass is 634 g/mol. The highest BCUT2D eigenvalue weighted by Crippen LogP contribution is 2.65. The van der Waals surface area contributed by atoms with Crippen LogP contribution < -0.4 is 0 Å². The van der Waals surface area contributed by atoms with Crippen LogP contribution >= 0.6 is 0 Å². The Morgan fingerprint density at radius 1 is 1.06 bits per heavy atom. The molecule has 0 aromatic heterocycles. The number of fused-ring (bicyclic) bond motifs is 3. The van der Waals surface area contributed by atoms with Gasteiger partial charge in [-0.25, -0.2) is 0 Å². The molecule has 4 N–H and O–H groups in total. The molecule has 0 amide bonds. The van der Waals surface area contributed by atoms with Crippen LogP contribution in [0.5, 0.6) is 5.75 Å². The minimum atomic E-state index is -2.62. The number of carbonyl (C=O) groups excluding carboxylic acids is 3. The van der Waals surface area contributed by atoms with E-state index >= 15 is 0 Å². The molecule has 2 aromatic rings. The van der Waals surface area contributed by atoms with Crippen LogP contribution in [-0.4, -0.2) is 43.4 Å². The summed E-state index contributed by atoms with van der Waals surface area (Å²) in [5, 5.41) is 46.5. The predicted molar refractivity (Wildman–Crippen MR) is 181 cm³/mol. The van der Waals surface area contributed by atoms with Gasteiger partial charge in [0, 0.05) is 22.3 Å². The minimum Gasteiger partial charge on any atom is -0.508 e. The lowest BCUT2D eigenvalue weighted by molar-refractivity contribution is -0.178. The molecule has 0 heterocycles. The standard InChI is InChI=1S/C40H42O7/c1-20(2)24-9-8-10-25(17-24)26-12-11-23(15-26)16-27-13-14-29(42)31-28(27)18-38(6)19-39(7)32(21(3)4)34(43)30(22(5)41)36(45)40(39,47)37(46)33(38)35(31)44/h8-10,12-15,17,21,32,42,44-45,47H,1,11,16,18-19H2,2-7H3/t32?,38-,39-,40+/m1/s1. The van der Waals surface area contributed by atoms with Gasteiger partial charge in [0.15, 0.2) is 17.2 Å². The van der Waals surface area contributed by atoms with Crippen LogP contribution in [0.25, 0.3) is 16.9 Å². The van der Waals surface area contributed by atoms with Crippen molar-refractivity contribution in [1.29, 1.82) is 0 Å². The van der Waals surface area contributed by atoms with Crippen LogP contribution in [0.4, 0.5) is 0 Å². The first-order chi connectivity index (χ1) is 22.0. The lowest BCUT2D eigenvalue weighted by Crippen LogP contribution is -2.69. The molecular weight excluding hydrogens is 592 g/mol. The van der Waals surface area contributed by atoms with E-state index in [0.717, 1.165) is 46.8 Å². The van der Waals surface area contributed by atoms with Crippen molar-refractivity contribution in [3.8, 4) is 5.75 Å².